The monoisotopic (exact) mass is 394 g/mol. The molecular formula is C22H30N6O. The predicted octanol–water partition coefficient (Wildman–Crippen LogP) is 1.72. The first-order valence-electron chi connectivity index (χ1n) is 10.4. The highest BCUT2D eigenvalue weighted by molar-refractivity contribution is 5.79. The Hall–Kier alpha value is -2.51. The number of aryl methyl sites for hydroxylation is 2. The lowest BCUT2D eigenvalue weighted by molar-refractivity contribution is -0.132. The summed E-state index contributed by atoms with van der Waals surface area (Å²) in [6, 6.07) is 11.1. The van der Waals surface area contributed by atoms with Gasteiger partial charge in [-0.1, -0.05) is 30.3 Å². The quantitative estimate of drug-likeness (QED) is 0.731. The summed E-state index contributed by atoms with van der Waals surface area (Å²) >= 11 is 0. The second-order valence-corrected chi connectivity index (χ2v) is 8.19. The number of nitrogens with zero attached hydrogens (tertiary/aromatic N) is 3. The minimum absolute atomic E-state index is 0.153. The average molecular weight is 395 g/mol. The number of likely N-dealkylation sites (tertiary alicyclic amines) is 1. The topological polar surface area (TPSA) is 96.2 Å². The van der Waals surface area contributed by atoms with Crippen molar-refractivity contribution >= 4 is 11.9 Å². The molecule has 0 saturated carbocycles. The van der Waals surface area contributed by atoms with E-state index >= 15 is 0 Å². The van der Waals surface area contributed by atoms with Gasteiger partial charge >= 0.3 is 0 Å². The first-order chi connectivity index (χ1) is 14.0. The van der Waals surface area contributed by atoms with Gasteiger partial charge in [0.15, 0.2) is 0 Å². The molecule has 2 aromatic rings. The van der Waals surface area contributed by atoms with Gasteiger partial charge in [0.1, 0.15) is 0 Å². The van der Waals surface area contributed by atoms with E-state index in [1.807, 2.05) is 18.7 Å². The van der Waals surface area contributed by atoms with Gasteiger partial charge < -0.3 is 10.6 Å². The van der Waals surface area contributed by atoms with Crippen LogP contribution in [0.15, 0.2) is 30.3 Å². The van der Waals surface area contributed by atoms with Crippen molar-refractivity contribution in [1.29, 1.82) is 0 Å². The number of anilines is 1. The summed E-state index contributed by atoms with van der Waals surface area (Å²) in [5, 5.41) is 0. The Bertz CT molecular complexity index is 840. The van der Waals surface area contributed by atoms with E-state index < -0.39 is 0 Å². The number of aromatic nitrogens is 2. The number of nitrogens with one attached hydrogen (secondary N) is 2. The van der Waals surface area contributed by atoms with Gasteiger partial charge in [-0.2, -0.15) is 0 Å². The van der Waals surface area contributed by atoms with E-state index in [9.17, 15) is 4.79 Å². The van der Waals surface area contributed by atoms with E-state index in [-0.39, 0.29) is 11.9 Å². The lowest BCUT2D eigenvalue weighted by Gasteiger charge is -2.36. The molecule has 2 atom stereocenters. The van der Waals surface area contributed by atoms with Crippen LogP contribution in [0.5, 0.6) is 0 Å². The second-order valence-electron chi connectivity index (χ2n) is 8.19. The highest BCUT2D eigenvalue weighted by atomic mass is 16.2. The fraction of sp³-hybridized carbons (Fsp3) is 0.500. The lowest BCUT2D eigenvalue weighted by atomic mass is 9.80. The van der Waals surface area contributed by atoms with Crippen molar-refractivity contribution in [3.63, 3.8) is 0 Å². The van der Waals surface area contributed by atoms with Crippen LogP contribution in [0, 0.1) is 19.8 Å². The van der Waals surface area contributed by atoms with E-state index in [4.69, 9.17) is 5.73 Å². The summed E-state index contributed by atoms with van der Waals surface area (Å²) in [5.74, 6) is 1.45. The zero-order valence-electron chi connectivity index (χ0n) is 17.2. The largest absolute Gasteiger partial charge is 0.368 e. The Morgan fingerprint density at radius 3 is 2.45 bits per heavy atom. The maximum Gasteiger partial charge on any atom is 0.227 e. The van der Waals surface area contributed by atoms with Crippen molar-refractivity contribution in [2.24, 2.45) is 5.92 Å². The van der Waals surface area contributed by atoms with E-state index in [0.29, 0.717) is 24.3 Å². The molecule has 1 amide bonds. The van der Waals surface area contributed by atoms with E-state index in [1.165, 1.54) is 5.56 Å². The minimum Gasteiger partial charge on any atom is -0.368 e. The number of carbonyl (C=O) groups is 1. The van der Waals surface area contributed by atoms with Gasteiger partial charge in [-0.3, -0.25) is 15.6 Å². The fourth-order valence-corrected chi connectivity index (χ4v) is 4.78. The molecule has 4 rings (SSSR count). The van der Waals surface area contributed by atoms with Gasteiger partial charge in [0.25, 0.3) is 0 Å². The third kappa shape index (κ3) is 4.26. The molecule has 29 heavy (non-hydrogen) atoms. The molecule has 4 N–H and O–H groups in total. The summed E-state index contributed by atoms with van der Waals surface area (Å²) in [6.45, 7) is 6.34. The van der Waals surface area contributed by atoms with Crippen LogP contribution in [0.25, 0.3) is 0 Å². The smallest absolute Gasteiger partial charge is 0.227 e. The standard InChI is InChI=1S/C22H30N6O/c1-14-18(15(2)26-22(23)25-14)12-20(29)28-10-8-17(9-11-28)21-19(13-24-27-21)16-6-4-3-5-7-16/h3-7,17,19,21,24,27H,8-13H2,1-2H3,(H2,23,25,26). The van der Waals surface area contributed by atoms with Crippen molar-refractivity contribution in [3.8, 4) is 0 Å². The average Bonchev–Trinajstić information content (AvgIpc) is 3.21. The van der Waals surface area contributed by atoms with Crippen LogP contribution in [0.3, 0.4) is 0 Å². The van der Waals surface area contributed by atoms with Gasteiger partial charge in [0.2, 0.25) is 11.9 Å². The number of hydrogen-bond donors (Lipinski definition) is 3. The maximum absolute atomic E-state index is 12.9. The Kier molecular flexibility index (Phi) is 5.78. The summed E-state index contributed by atoms with van der Waals surface area (Å²) in [4.78, 5) is 23.3. The number of rotatable bonds is 4. The second kappa shape index (κ2) is 8.47. The van der Waals surface area contributed by atoms with E-state index in [2.05, 4.69) is 51.2 Å². The third-order valence-corrected chi connectivity index (χ3v) is 6.42. The number of piperidine rings is 1. The van der Waals surface area contributed by atoms with Crippen molar-refractivity contribution in [2.75, 3.05) is 25.4 Å². The molecule has 2 unspecified atom stereocenters. The van der Waals surface area contributed by atoms with Crippen molar-refractivity contribution in [2.45, 2.75) is 45.1 Å². The minimum atomic E-state index is 0.153. The number of carbonyl (C=O) groups excluding carboxylic acids is 1. The van der Waals surface area contributed by atoms with Gasteiger partial charge in [0, 0.05) is 48.5 Å². The maximum atomic E-state index is 12.9. The Balaban J connectivity index is 1.36. The molecular weight excluding hydrogens is 364 g/mol. The molecule has 2 aliphatic rings. The Morgan fingerprint density at radius 1 is 1.14 bits per heavy atom. The van der Waals surface area contributed by atoms with Gasteiger partial charge in [-0.15, -0.1) is 0 Å². The van der Waals surface area contributed by atoms with Gasteiger partial charge in [-0.25, -0.2) is 9.97 Å². The zero-order valence-corrected chi connectivity index (χ0v) is 17.2. The number of nitrogens with two attached hydrogens (primary N) is 1. The number of hydrogen-bond acceptors (Lipinski definition) is 6. The van der Waals surface area contributed by atoms with Crippen LogP contribution < -0.4 is 16.6 Å². The summed E-state index contributed by atoms with van der Waals surface area (Å²) in [7, 11) is 0. The van der Waals surface area contributed by atoms with Crippen LogP contribution >= 0.6 is 0 Å². The van der Waals surface area contributed by atoms with E-state index in [0.717, 1.165) is 49.4 Å². The van der Waals surface area contributed by atoms with Crippen molar-refractivity contribution in [3.05, 3.63) is 52.8 Å². The third-order valence-electron chi connectivity index (χ3n) is 6.42. The van der Waals surface area contributed by atoms with Crippen molar-refractivity contribution in [1.82, 2.24) is 25.7 Å². The summed E-state index contributed by atoms with van der Waals surface area (Å²) in [6.07, 6.45) is 2.38. The molecule has 2 fully saturated rings. The summed E-state index contributed by atoms with van der Waals surface area (Å²) < 4.78 is 0. The summed E-state index contributed by atoms with van der Waals surface area (Å²) in [5.41, 5.74) is 16.4. The van der Waals surface area contributed by atoms with Gasteiger partial charge in [0.05, 0.1) is 6.42 Å². The Labute approximate surface area is 172 Å². The van der Waals surface area contributed by atoms with Crippen LogP contribution in [0.1, 0.15) is 41.3 Å². The highest BCUT2D eigenvalue weighted by Crippen LogP contribution is 2.32. The molecule has 2 saturated heterocycles. The molecule has 154 valence electrons. The van der Waals surface area contributed by atoms with Crippen LogP contribution in [-0.4, -0.2) is 46.5 Å². The lowest BCUT2D eigenvalue weighted by Crippen LogP contribution is -2.46. The SMILES string of the molecule is Cc1nc(N)nc(C)c1CC(=O)N1CCC(C2NNCC2c2ccccc2)CC1. The van der Waals surface area contributed by atoms with Crippen LogP contribution in [-0.2, 0) is 11.2 Å². The van der Waals surface area contributed by atoms with Crippen LogP contribution in [0.4, 0.5) is 5.95 Å². The van der Waals surface area contributed by atoms with Crippen molar-refractivity contribution < 1.29 is 4.79 Å². The molecule has 1 aromatic heterocycles. The predicted molar refractivity (Wildman–Crippen MR) is 113 cm³/mol. The molecule has 3 heterocycles. The molecule has 2 aliphatic heterocycles. The zero-order chi connectivity index (χ0) is 20.4. The molecule has 0 spiro atoms. The first kappa shape index (κ1) is 19.8. The molecule has 7 nitrogen and oxygen atoms in total. The molecule has 0 aliphatic carbocycles. The first-order valence-corrected chi connectivity index (χ1v) is 10.4. The molecule has 1 aromatic carbocycles. The number of nitrogen functional groups attached to an aromatic ring is 1. The highest BCUT2D eigenvalue weighted by Gasteiger charge is 2.36. The number of benzene rings is 1. The number of hydrazine groups is 1. The molecule has 0 radical (unpaired) electrons. The van der Waals surface area contributed by atoms with E-state index in [1.54, 1.807) is 0 Å². The normalized spacial score (nSPS) is 22.8. The molecule has 7 heteroatoms. The van der Waals surface area contributed by atoms with Gasteiger partial charge in [-0.05, 0) is 38.2 Å². The Morgan fingerprint density at radius 2 is 1.79 bits per heavy atom. The van der Waals surface area contributed by atoms with Crippen LogP contribution in [0.2, 0.25) is 0 Å². The number of amides is 1. The molecule has 0 bridgehead atoms. The fourth-order valence-electron chi connectivity index (χ4n) is 4.78.